The minimum atomic E-state index is -2.55. The topological polar surface area (TPSA) is 105 Å². The minimum Gasteiger partial charge on any atom is -0.480 e. The second kappa shape index (κ2) is 6.10. The van der Waals surface area contributed by atoms with Crippen LogP contribution >= 0.6 is 0 Å². The van der Waals surface area contributed by atoms with E-state index in [1.165, 1.54) is 12.1 Å². The van der Waals surface area contributed by atoms with E-state index in [0.717, 1.165) is 0 Å². The average Bonchev–Trinajstić information content (AvgIpc) is 2.68. The molecule has 130 valence electrons. The first kappa shape index (κ1) is 17.7. The number of fused-ring (bicyclic) bond motifs is 1. The number of para-hydroxylation sites is 1. The van der Waals surface area contributed by atoms with Crippen LogP contribution < -0.4 is 10.6 Å². The van der Waals surface area contributed by atoms with Crippen LogP contribution in [0.4, 0.5) is 14.9 Å². The number of carbonyl (C=O) groups excluding carboxylic acids is 2. The summed E-state index contributed by atoms with van der Waals surface area (Å²) < 4.78 is 20.2. The van der Waals surface area contributed by atoms with Gasteiger partial charge in [-0.2, -0.15) is 0 Å². The highest BCUT2D eigenvalue weighted by Crippen LogP contribution is 2.42. The summed E-state index contributed by atoms with van der Waals surface area (Å²) in [6.07, 6.45) is -1.74. The number of ether oxygens (including phenoxy) is 1. The van der Waals surface area contributed by atoms with Crippen molar-refractivity contribution in [3.8, 4) is 0 Å². The zero-order valence-corrected chi connectivity index (χ0v) is 13.6. The number of nitrogens with one attached hydrogen (secondary N) is 2. The number of aliphatic carboxylic acids is 1. The first-order valence-corrected chi connectivity index (χ1v) is 7.35. The summed E-state index contributed by atoms with van der Waals surface area (Å²) in [6, 6.07) is 4.47. The maximum Gasteiger partial charge on any atom is 0.408 e. The van der Waals surface area contributed by atoms with Crippen molar-refractivity contribution in [1.82, 2.24) is 5.32 Å². The molecule has 0 aliphatic carbocycles. The van der Waals surface area contributed by atoms with E-state index in [0.29, 0.717) is 0 Å². The van der Waals surface area contributed by atoms with Crippen LogP contribution in [-0.2, 0) is 20.0 Å². The fraction of sp³-hybridized carbons (Fsp3) is 0.438. The zero-order valence-electron chi connectivity index (χ0n) is 13.6. The molecule has 0 radical (unpaired) electrons. The molecule has 0 bridgehead atoms. The molecule has 1 aromatic carbocycles. The van der Waals surface area contributed by atoms with Gasteiger partial charge in [-0.1, -0.05) is 18.2 Å². The molecule has 0 saturated carbocycles. The van der Waals surface area contributed by atoms with E-state index in [-0.39, 0.29) is 11.3 Å². The van der Waals surface area contributed by atoms with Gasteiger partial charge in [0, 0.05) is 17.7 Å². The van der Waals surface area contributed by atoms with Gasteiger partial charge in [0.25, 0.3) is 5.91 Å². The lowest BCUT2D eigenvalue weighted by molar-refractivity contribution is -0.141. The predicted octanol–water partition coefficient (Wildman–Crippen LogP) is 2.17. The standard InChI is InChI=1S/C16H19FN2O5/c1-15(2,3)24-14(23)19-11(12(20)21)8-16(17)9-6-4-5-7-10(9)18-13(16)22/h4-7,11H,8H2,1-3H3,(H,18,22)(H,19,23)(H,20,21)/t11-,16?/m0/s1. The highest BCUT2D eigenvalue weighted by Gasteiger charge is 2.50. The number of carbonyl (C=O) groups is 3. The van der Waals surface area contributed by atoms with E-state index >= 15 is 4.39 Å². The third-order valence-corrected chi connectivity index (χ3v) is 3.44. The Kier molecular flexibility index (Phi) is 4.50. The van der Waals surface area contributed by atoms with Crippen LogP contribution in [0.1, 0.15) is 32.8 Å². The van der Waals surface area contributed by atoms with Gasteiger partial charge in [0.15, 0.2) is 0 Å². The Bertz CT molecular complexity index is 685. The largest absolute Gasteiger partial charge is 0.480 e. The van der Waals surface area contributed by atoms with Crippen molar-refractivity contribution in [2.45, 2.75) is 44.5 Å². The van der Waals surface area contributed by atoms with E-state index in [4.69, 9.17) is 4.74 Å². The zero-order chi connectivity index (χ0) is 18.1. The molecule has 0 fully saturated rings. The number of hydrogen-bond acceptors (Lipinski definition) is 4. The van der Waals surface area contributed by atoms with Gasteiger partial charge < -0.3 is 20.5 Å². The van der Waals surface area contributed by atoms with Gasteiger partial charge in [-0.05, 0) is 26.8 Å². The second-order valence-electron chi connectivity index (χ2n) is 6.54. The number of anilines is 1. The quantitative estimate of drug-likeness (QED) is 0.780. The number of carboxylic acids is 1. The molecule has 8 heteroatoms. The number of amides is 2. The lowest BCUT2D eigenvalue weighted by atomic mass is 9.90. The SMILES string of the molecule is CC(C)(C)OC(=O)N[C@@H](CC1(F)C(=O)Nc2ccccc21)C(=O)O. The normalized spacial score (nSPS) is 20.8. The van der Waals surface area contributed by atoms with Crippen LogP contribution in [0.3, 0.4) is 0 Å². The number of alkyl carbamates (subject to hydrolysis) is 1. The molecule has 2 amide bonds. The molecular weight excluding hydrogens is 319 g/mol. The predicted molar refractivity (Wildman–Crippen MR) is 83.3 cm³/mol. The van der Waals surface area contributed by atoms with E-state index in [1.54, 1.807) is 32.9 Å². The van der Waals surface area contributed by atoms with Crippen LogP contribution in [-0.4, -0.2) is 34.7 Å². The molecule has 0 aromatic heterocycles. The molecule has 24 heavy (non-hydrogen) atoms. The van der Waals surface area contributed by atoms with Crippen molar-refractivity contribution in [1.29, 1.82) is 0 Å². The summed E-state index contributed by atoms with van der Waals surface area (Å²) in [5.74, 6) is -2.42. The molecule has 3 N–H and O–H groups in total. The summed E-state index contributed by atoms with van der Waals surface area (Å²) in [6.45, 7) is 4.83. The molecule has 2 rings (SSSR count). The number of hydrogen-bond donors (Lipinski definition) is 3. The van der Waals surface area contributed by atoms with Crippen LogP contribution in [0, 0.1) is 0 Å². The van der Waals surface area contributed by atoms with Crippen molar-refractivity contribution in [3.63, 3.8) is 0 Å². The van der Waals surface area contributed by atoms with Crippen molar-refractivity contribution in [2.75, 3.05) is 5.32 Å². The molecule has 1 unspecified atom stereocenters. The Morgan fingerprint density at radius 1 is 1.38 bits per heavy atom. The number of benzene rings is 1. The summed E-state index contributed by atoms with van der Waals surface area (Å²) in [7, 11) is 0. The first-order chi connectivity index (χ1) is 11.0. The van der Waals surface area contributed by atoms with Crippen LogP contribution in [0.5, 0.6) is 0 Å². The van der Waals surface area contributed by atoms with Gasteiger partial charge in [0.2, 0.25) is 5.67 Å². The van der Waals surface area contributed by atoms with Gasteiger partial charge in [-0.25, -0.2) is 14.0 Å². The second-order valence-corrected chi connectivity index (χ2v) is 6.54. The Morgan fingerprint density at radius 3 is 2.58 bits per heavy atom. The van der Waals surface area contributed by atoms with Gasteiger partial charge >= 0.3 is 12.1 Å². The molecule has 0 spiro atoms. The monoisotopic (exact) mass is 338 g/mol. The lowest BCUT2D eigenvalue weighted by Crippen LogP contribution is -2.47. The van der Waals surface area contributed by atoms with Gasteiger partial charge in [0.05, 0.1) is 0 Å². The number of halogens is 1. The van der Waals surface area contributed by atoms with Gasteiger partial charge in [-0.15, -0.1) is 0 Å². The Morgan fingerprint density at radius 2 is 2.00 bits per heavy atom. The molecule has 1 aliphatic rings. The van der Waals surface area contributed by atoms with Crippen molar-refractivity contribution < 1.29 is 28.6 Å². The Hall–Kier alpha value is -2.64. The fourth-order valence-corrected chi connectivity index (χ4v) is 2.42. The smallest absolute Gasteiger partial charge is 0.408 e. The highest BCUT2D eigenvalue weighted by molar-refractivity contribution is 6.05. The number of alkyl halides is 1. The molecule has 1 heterocycles. The average molecular weight is 338 g/mol. The van der Waals surface area contributed by atoms with Gasteiger partial charge in [-0.3, -0.25) is 4.79 Å². The van der Waals surface area contributed by atoms with Crippen molar-refractivity contribution in [3.05, 3.63) is 29.8 Å². The fourth-order valence-electron chi connectivity index (χ4n) is 2.42. The lowest BCUT2D eigenvalue weighted by Gasteiger charge is -2.25. The summed E-state index contributed by atoms with van der Waals surface area (Å²) >= 11 is 0. The van der Waals surface area contributed by atoms with Crippen LogP contribution in [0.15, 0.2) is 24.3 Å². The molecule has 1 aromatic rings. The maximum absolute atomic E-state index is 15.2. The first-order valence-electron chi connectivity index (χ1n) is 7.35. The summed E-state index contributed by atoms with van der Waals surface area (Å²) in [5, 5.41) is 13.7. The van der Waals surface area contributed by atoms with Crippen molar-refractivity contribution in [2.24, 2.45) is 0 Å². The Labute approximate surface area is 138 Å². The highest BCUT2D eigenvalue weighted by atomic mass is 19.1. The molecular formula is C16H19FN2O5. The van der Waals surface area contributed by atoms with E-state index in [2.05, 4.69) is 10.6 Å². The summed E-state index contributed by atoms with van der Waals surface area (Å²) in [5.41, 5.74) is -3.05. The van der Waals surface area contributed by atoms with E-state index in [1.807, 2.05) is 0 Å². The van der Waals surface area contributed by atoms with Crippen LogP contribution in [0.25, 0.3) is 0 Å². The maximum atomic E-state index is 15.2. The minimum absolute atomic E-state index is 0.0484. The molecule has 0 saturated heterocycles. The third-order valence-electron chi connectivity index (χ3n) is 3.44. The number of rotatable bonds is 4. The van der Waals surface area contributed by atoms with Crippen LogP contribution in [0.2, 0.25) is 0 Å². The third kappa shape index (κ3) is 3.64. The van der Waals surface area contributed by atoms with E-state index < -0.39 is 41.7 Å². The summed E-state index contributed by atoms with van der Waals surface area (Å²) in [4.78, 5) is 35.1. The van der Waals surface area contributed by atoms with E-state index in [9.17, 15) is 19.5 Å². The Balaban J connectivity index is 2.20. The molecule has 7 nitrogen and oxygen atoms in total. The molecule has 2 atom stereocenters. The van der Waals surface area contributed by atoms with Gasteiger partial charge in [0.1, 0.15) is 11.6 Å². The van der Waals surface area contributed by atoms with Crippen molar-refractivity contribution >= 4 is 23.7 Å². The number of carboxylic acid groups (broad SMARTS) is 1. The molecule has 1 aliphatic heterocycles.